The molecule has 0 aliphatic rings. The maximum atomic E-state index is 12.6. The molecule has 150 valence electrons. The van der Waals surface area contributed by atoms with Crippen molar-refractivity contribution in [3.63, 3.8) is 0 Å². The van der Waals surface area contributed by atoms with Crippen LogP contribution in [0.25, 0.3) is 0 Å². The second-order valence-corrected chi connectivity index (χ2v) is 6.17. The van der Waals surface area contributed by atoms with E-state index >= 15 is 0 Å². The van der Waals surface area contributed by atoms with Gasteiger partial charge < -0.3 is 15.0 Å². The number of alkyl halides is 3. The minimum atomic E-state index is -4.42. The van der Waals surface area contributed by atoms with Gasteiger partial charge >= 0.3 is 12.1 Å². The Morgan fingerprint density at radius 2 is 1.75 bits per heavy atom. The molecule has 0 aliphatic carbocycles. The van der Waals surface area contributed by atoms with Crippen LogP contribution in [0, 0.1) is 6.92 Å². The van der Waals surface area contributed by atoms with Crippen LogP contribution in [0.2, 0.25) is 0 Å². The van der Waals surface area contributed by atoms with Gasteiger partial charge in [-0.25, -0.2) is 4.79 Å². The summed E-state index contributed by atoms with van der Waals surface area (Å²) in [7, 11) is 1.19. The fourth-order valence-corrected chi connectivity index (χ4v) is 2.76. The van der Waals surface area contributed by atoms with Crippen LogP contribution in [0.5, 0.6) is 0 Å². The Labute approximate surface area is 159 Å². The van der Waals surface area contributed by atoms with Crippen LogP contribution in [0.4, 0.5) is 13.2 Å². The summed E-state index contributed by atoms with van der Waals surface area (Å²) in [6.45, 7) is 2.92. The van der Waals surface area contributed by atoms with E-state index in [1.54, 1.807) is 6.92 Å². The quantitative estimate of drug-likeness (QED) is 0.580. The number of H-pyrrole nitrogens is 1. The van der Waals surface area contributed by atoms with Crippen LogP contribution in [0.3, 0.4) is 0 Å². The van der Waals surface area contributed by atoms with Gasteiger partial charge in [0.15, 0.2) is 5.78 Å². The van der Waals surface area contributed by atoms with Crippen LogP contribution in [0.1, 0.15) is 50.2 Å². The Hall–Kier alpha value is -3.10. The number of ether oxygens (including phenoxy) is 1. The molecular weight excluding hydrogens is 377 g/mol. The molecule has 2 N–H and O–H groups in total. The lowest BCUT2D eigenvalue weighted by Gasteiger charge is -2.09. The van der Waals surface area contributed by atoms with Crippen LogP contribution in [-0.2, 0) is 28.7 Å². The Morgan fingerprint density at radius 1 is 1.14 bits per heavy atom. The summed E-state index contributed by atoms with van der Waals surface area (Å²) < 4.78 is 42.4. The molecule has 0 radical (unpaired) electrons. The molecule has 28 heavy (non-hydrogen) atoms. The Morgan fingerprint density at radius 3 is 2.25 bits per heavy atom. The van der Waals surface area contributed by atoms with Gasteiger partial charge in [-0.05, 0) is 30.2 Å². The number of methoxy groups -OCH3 is 1. The van der Waals surface area contributed by atoms with Crippen molar-refractivity contribution in [1.82, 2.24) is 10.3 Å². The van der Waals surface area contributed by atoms with Crippen molar-refractivity contribution < 1.29 is 32.3 Å². The second kappa shape index (κ2) is 8.28. The average Bonchev–Trinajstić information content (AvgIpc) is 2.95. The van der Waals surface area contributed by atoms with E-state index in [-0.39, 0.29) is 35.7 Å². The molecule has 1 aromatic heterocycles. The number of esters is 1. The number of ketones is 1. The van der Waals surface area contributed by atoms with E-state index < -0.39 is 23.6 Å². The van der Waals surface area contributed by atoms with Crippen LogP contribution < -0.4 is 5.32 Å². The summed E-state index contributed by atoms with van der Waals surface area (Å²) >= 11 is 0. The van der Waals surface area contributed by atoms with E-state index in [1.807, 2.05) is 0 Å². The maximum Gasteiger partial charge on any atom is 0.416 e. The van der Waals surface area contributed by atoms with Gasteiger partial charge in [-0.15, -0.1) is 0 Å². The molecule has 0 spiro atoms. The van der Waals surface area contributed by atoms with E-state index in [2.05, 4.69) is 10.3 Å². The average molecular weight is 396 g/mol. The number of rotatable bonds is 6. The number of carbonyl (C=O) groups excluding carboxylic acids is 3. The number of carbonyl (C=O) groups is 3. The molecule has 0 aliphatic heterocycles. The van der Waals surface area contributed by atoms with Crippen LogP contribution in [0.15, 0.2) is 24.3 Å². The normalized spacial score (nSPS) is 11.2. The van der Waals surface area contributed by atoms with Crippen molar-refractivity contribution in [1.29, 1.82) is 0 Å². The van der Waals surface area contributed by atoms with Crippen molar-refractivity contribution in [3.8, 4) is 0 Å². The molecule has 1 heterocycles. The number of Topliss-reactive ketones (excluding diaryl/α,β-unsaturated/α-hetero) is 1. The summed E-state index contributed by atoms with van der Waals surface area (Å²) in [6, 6.07) is 4.42. The number of aromatic nitrogens is 1. The van der Waals surface area contributed by atoms with E-state index in [0.717, 1.165) is 12.1 Å². The molecule has 0 atom stereocenters. The number of benzene rings is 1. The minimum Gasteiger partial charge on any atom is -0.465 e. The Bertz CT molecular complexity index is 899. The van der Waals surface area contributed by atoms with Gasteiger partial charge in [-0.1, -0.05) is 12.1 Å². The first-order chi connectivity index (χ1) is 13.0. The number of halogens is 3. The first kappa shape index (κ1) is 21.2. The Balaban J connectivity index is 2.10. The number of hydrogen-bond donors (Lipinski definition) is 2. The zero-order valence-corrected chi connectivity index (χ0v) is 15.5. The molecule has 1 aromatic carbocycles. The van der Waals surface area contributed by atoms with Crippen molar-refractivity contribution >= 4 is 17.7 Å². The molecule has 2 rings (SSSR count). The van der Waals surface area contributed by atoms with E-state index in [1.165, 1.54) is 26.2 Å². The number of amides is 1. The number of hydrogen-bond acceptors (Lipinski definition) is 4. The standard InChI is InChI=1S/C19H19F3N2O4/c1-10-16(18(27)28-3)14(24-17(10)11(2)25)8-15(26)23-9-12-4-6-13(7-5-12)19(20,21)22/h4-7,24H,8-9H2,1-3H3,(H,23,26). The van der Waals surface area contributed by atoms with Gasteiger partial charge in [0, 0.05) is 19.2 Å². The highest BCUT2D eigenvalue weighted by molar-refractivity contribution is 6.01. The predicted octanol–water partition coefficient (Wildman–Crippen LogP) is 3.19. The number of nitrogens with one attached hydrogen (secondary N) is 2. The molecule has 2 aromatic rings. The summed E-state index contributed by atoms with van der Waals surface area (Å²) in [6.07, 6.45) is -4.65. The third kappa shape index (κ3) is 4.79. The van der Waals surface area contributed by atoms with Crippen molar-refractivity contribution in [2.45, 2.75) is 33.0 Å². The fraction of sp³-hybridized carbons (Fsp3) is 0.316. The molecule has 0 bridgehead atoms. The topological polar surface area (TPSA) is 88.3 Å². The second-order valence-electron chi connectivity index (χ2n) is 6.17. The first-order valence-electron chi connectivity index (χ1n) is 8.28. The highest BCUT2D eigenvalue weighted by Crippen LogP contribution is 2.29. The van der Waals surface area contributed by atoms with Gasteiger partial charge in [0.25, 0.3) is 0 Å². The smallest absolute Gasteiger partial charge is 0.416 e. The SMILES string of the molecule is COC(=O)c1c(CC(=O)NCc2ccc(C(F)(F)F)cc2)[nH]c(C(C)=O)c1C. The molecule has 0 fully saturated rings. The van der Waals surface area contributed by atoms with E-state index in [0.29, 0.717) is 11.1 Å². The summed E-state index contributed by atoms with van der Waals surface area (Å²) in [5.41, 5.74) is 0.679. The zero-order chi connectivity index (χ0) is 21.1. The highest BCUT2D eigenvalue weighted by Gasteiger charge is 2.30. The van der Waals surface area contributed by atoms with Gasteiger partial charge in [0.1, 0.15) is 0 Å². The summed E-state index contributed by atoms with van der Waals surface area (Å²) in [5, 5.41) is 2.57. The van der Waals surface area contributed by atoms with Gasteiger partial charge in [0.2, 0.25) is 5.91 Å². The zero-order valence-electron chi connectivity index (χ0n) is 15.5. The fourth-order valence-electron chi connectivity index (χ4n) is 2.76. The predicted molar refractivity (Wildman–Crippen MR) is 93.9 cm³/mol. The minimum absolute atomic E-state index is 0.0176. The van der Waals surface area contributed by atoms with Crippen molar-refractivity contribution in [2.24, 2.45) is 0 Å². The third-order valence-corrected chi connectivity index (χ3v) is 4.18. The lowest BCUT2D eigenvalue weighted by molar-refractivity contribution is -0.137. The monoisotopic (exact) mass is 396 g/mol. The molecule has 1 amide bonds. The lowest BCUT2D eigenvalue weighted by Crippen LogP contribution is -2.25. The largest absolute Gasteiger partial charge is 0.465 e. The molecular formula is C19H19F3N2O4. The maximum absolute atomic E-state index is 12.6. The van der Waals surface area contributed by atoms with E-state index in [4.69, 9.17) is 4.74 Å². The summed E-state index contributed by atoms with van der Waals surface area (Å²) in [4.78, 5) is 38.7. The summed E-state index contributed by atoms with van der Waals surface area (Å²) in [5.74, 6) is -1.44. The molecule has 6 nitrogen and oxygen atoms in total. The molecule has 0 unspecified atom stereocenters. The van der Waals surface area contributed by atoms with Gasteiger partial charge in [0.05, 0.1) is 30.4 Å². The third-order valence-electron chi connectivity index (χ3n) is 4.18. The lowest BCUT2D eigenvalue weighted by atomic mass is 10.1. The highest BCUT2D eigenvalue weighted by atomic mass is 19.4. The Kier molecular flexibility index (Phi) is 6.27. The van der Waals surface area contributed by atoms with Gasteiger partial charge in [-0.3, -0.25) is 9.59 Å². The van der Waals surface area contributed by atoms with E-state index in [9.17, 15) is 27.6 Å². The van der Waals surface area contributed by atoms with Crippen LogP contribution in [-0.4, -0.2) is 29.8 Å². The van der Waals surface area contributed by atoms with Crippen molar-refractivity contribution in [2.75, 3.05) is 7.11 Å². The molecule has 9 heteroatoms. The molecule has 0 saturated heterocycles. The van der Waals surface area contributed by atoms with Crippen LogP contribution >= 0.6 is 0 Å². The molecule has 0 saturated carbocycles. The van der Waals surface area contributed by atoms with Gasteiger partial charge in [-0.2, -0.15) is 13.2 Å². The van der Waals surface area contributed by atoms with Crippen molar-refractivity contribution in [3.05, 3.63) is 57.9 Å². The first-order valence-corrected chi connectivity index (χ1v) is 8.28. The number of aromatic amines is 1.